The maximum absolute atomic E-state index is 14.5. The van der Waals surface area contributed by atoms with Crippen molar-refractivity contribution in [2.24, 2.45) is 0 Å². The van der Waals surface area contributed by atoms with Crippen LogP contribution in [-0.2, 0) is 0 Å². The molecule has 0 bridgehead atoms. The molecule has 0 aliphatic heterocycles. The maximum atomic E-state index is 14.5. The standard InChI is InChI=1S/C20H16FN3/c1-12-4-2-7-16(19(12)21)18-11-24-20-17(18)9-14(10-23-20)13-5-3-6-15(22)8-13/h2-11H,22H2,1H3,(H,23,24). The van der Waals surface area contributed by atoms with Crippen molar-refractivity contribution in [1.82, 2.24) is 9.97 Å². The minimum atomic E-state index is -0.201. The average Bonchev–Trinajstić information content (AvgIpc) is 3.00. The maximum Gasteiger partial charge on any atom is 0.137 e. The summed E-state index contributed by atoms with van der Waals surface area (Å²) in [4.78, 5) is 7.59. The van der Waals surface area contributed by atoms with E-state index in [1.165, 1.54) is 0 Å². The molecule has 24 heavy (non-hydrogen) atoms. The molecule has 0 saturated carbocycles. The third kappa shape index (κ3) is 2.33. The second-order valence-corrected chi connectivity index (χ2v) is 5.88. The Morgan fingerprint density at radius 3 is 2.67 bits per heavy atom. The Morgan fingerprint density at radius 1 is 1.00 bits per heavy atom. The van der Waals surface area contributed by atoms with Gasteiger partial charge in [0.15, 0.2) is 0 Å². The molecule has 4 heteroatoms. The van der Waals surface area contributed by atoms with Crippen molar-refractivity contribution >= 4 is 16.7 Å². The molecule has 0 spiro atoms. The van der Waals surface area contributed by atoms with Gasteiger partial charge in [0, 0.05) is 40.2 Å². The summed E-state index contributed by atoms with van der Waals surface area (Å²) in [7, 11) is 0. The van der Waals surface area contributed by atoms with Crippen LogP contribution in [0.25, 0.3) is 33.3 Å². The number of fused-ring (bicyclic) bond motifs is 1. The van der Waals surface area contributed by atoms with Gasteiger partial charge in [-0.25, -0.2) is 9.37 Å². The Hall–Kier alpha value is -3.14. The zero-order valence-electron chi connectivity index (χ0n) is 13.2. The molecule has 2 aromatic carbocycles. The molecule has 0 saturated heterocycles. The summed E-state index contributed by atoms with van der Waals surface area (Å²) in [6, 6.07) is 15.1. The highest BCUT2D eigenvalue weighted by atomic mass is 19.1. The molecule has 2 heterocycles. The Morgan fingerprint density at radius 2 is 1.83 bits per heavy atom. The number of H-pyrrole nitrogens is 1. The number of benzene rings is 2. The van der Waals surface area contributed by atoms with Crippen LogP contribution in [0, 0.1) is 12.7 Å². The molecular formula is C20H16FN3. The lowest BCUT2D eigenvalue weighted by Gasteiger charge is -2.06. The van der Waals surface area contributed by atoms with E-state index in [9.17, 15) is 4.39 Å². The van der Waals surface area contributed by atoms with E-state index < -0.39 is 0 Å². The van der Waals surface area contributed by atoms with Gasteiger partial charge in [0.25, 0.3) is 0 Å². The van der Waals surface area contributed by atoms with E-state index in [-0.39, 0.29) is 5.82 Å². The first-order valence-electron chi connectivity index (χ1n) is 7.72. The molecule has 3 N–H and O–H groups in total. The van der Waals surface area contributed by atoms with Gasteiger partial charge >= 0.3 is 0 Å². The predicted octanol–water partition coefficient (Wildman–Crippen LogP) is 4.93. The van der Waals surface area contributed by atoms with Crippen LogP contribution in [0.15, 0.2) is 60.9 Å². The van der Waals surface area contributed by atoms with Crippen LogP contribution < -0.4 is 5.73 Å². The lowest BCUT2D eigenvalue weighted by atomic mass is 10.0. The highest BCUT2D eigenvalue weighted by Crippen LogP contribution is 2.33. The minimum absolute atomic E-state index is 0.201. The van der Waals surface area contributed by atoms with Crippen LogP contribution in [0.2, 0.25) is 0 Å². The molecule has 0 fully saturated rings. The Balaban J connectivity index is 1.92. The fourth-order valence-corrected chi connectivity index (χ4v) is 2.96. The minimum Gasteiger partial charge on any atom is -0.399 e. The van der Waals surface area contributed by atoms with E-state index in [0.717, 1.165) is 27.7 Å². The number of rotatable bonds is 2. The van der Waals surface area contributed by atoms with Gasteiger partial charge in [0.2, 0.25) is 0 Å². The van der Waals surface area contributed by atoms with Gasteiger partial charge in [-0.15, -0.1) is 0 Å². The quantitative estimate of drug-likeness (QED) is 0.515. The Labute approximate surface area is 139 Å². The van der Waals surface area contributed by atoms with Gasteiger partial charge in [-0.05, 0) is 36.2 Å². The largest absolute Gasteiger partial charge is 0.399 e. The van der Waals surface area contributed by atoms with Crippen LogP contribution in [0.5, 0.6) is 0 Å². The number of nitrogens with one attached hydrogen (secondary N) is 1. The lowest BCUT2D eigenvalue weighted by molar-refractivity contribution is 0.622. The third-order valence-corrected chi connectivity index (χ3v) is 4.23. The van der Waals surface area contributed by atoms with Crippen molar-refractivity contribution in [2.45, 2.75) is 6.92 Å². The molecular weight excluding hydrogens is 301 g/mol. The van der Waals surface area contributed by atoms with Crippen LogP contribution in [0.1, 0.15) is 5.56 Å². The number of anilines is 1. The van der Waals surface area contributed by atoms with Crippen molar-refractivity contribution in [3.8, 4) is 22.3 Å². The molecule has 3 nitrogen and oxygen atoms in total. The second kappa shape index (κ2) is 5.49. The zero-order chi connectivity index (χ0) is 16.7. The number of pyridine rings is 1. The van der Waals surface area contributed by atoms with Crippen molar-refractivity contribution in [2.75, 3.05) is 5.73 Å². The Kier molecular flexibility index (Phi) is 3.31. The first kappa shape index (κ1) is 14.5. The molecule has 0 atom stereocenters. The van der Waals surface area contributed by atoms with E-state index in [2.05, 4.69) is 9.97 Å². The number of aromatic amines is 1. The monoisotopic (exact) mass is 317 g/mol. The number of aromatic nitrogens is 2. The summed E-state index contributed by atoms with van der Waals surface area (Å²) in [5, 5.41) is 0.888. The molecule has 0 amide bonds. The number of aryl methyl sites for hydroxylation is 1. The molecule has 0 radical (unpaired) electrons. The van der Waals surface area contributed by atoms with E-state index in [1.54, 1.807) is 31.5 Å². The van der Waals surface area contributed by atoms with Gasteiger partial charge in [-0.2, -0.15) is 0 Å². The Bertz CT molecular complexity index is 1050. The van der Waals surface area contributed by atoms with Crippen LogP contribution >= 0.6 is 0 Å². The van der Waals surface area contributed by atoms with Gasteiger partial charge in [-0.1, -0.05) is 30.3 Å². The summed E-state index contributed by atoms with van der Waals surface area (Å²) in [5.41, 5.74) is 11.3. The molecule has 0 unspecified atom stereocenters. The van der Waals surface area contributed by atoms with Gasteiger partial charge in [-0.3, -0.25) is 0 Å². The molecule has 4 rings (SSSR count). The first-order chi connectivity index (χ1) is 11.6. The highest BCUT2D eigenvalue weighted by Gasteiger charge is 2.13. The number of hydrogen-bond donors (Lipinski definition) is 2. The number of hydrogen-bond acceptors (Lipinski definition) is 2. The van der Waals surface area contributed by atoms with Gasteiger partial charge in [0.05, 0.1) is 0 Å². The lowest BCUT2D eigenvalue weighted by Crippen LogP contribution is -1.88. The van der Waals surface area contributed by atoms with E-state index in [0.29, 0.717) is 16.8 Å². The molecule has 118 valence electrons. The number of nitrogen functional groups attached to an aromatic ring is 1. The zero-order valence-corrected chi connectivity index (χ0v) is 13.2. The van der Waals surface area contributed by atoms with E-state index in [4.69, 9.17) is 5.73 Å². The normalized spacial score (nSPS) is 11.1. The van der Waals surface area contributed by atoms with Crippen LogP contribution in [0.4, 0.5) is 10.1 Å². The molecule has 2 aromatic heterocycles. The van der Waals surface area contributed by atoms with Crippen LogP contribution in [0.3, 0.4) is 0 Å². The summed E-state index contributed by atoms with van der Waals surface area (Å²) >= 11 is 0. The van der Waals surface area contributed by atoms with Crippen molar-refractivity contribution in [3.63, 3.8) is 0 Å². The third-order valence-electron chi connectivity index (χ3n) is 4.23. The van der Waals surface area contributed by atoms with Gasteiger partial charge < -0.3 is 10.7 Å². The second-order valence-electron chi connectivity index (χ2n) is 5.88. The molecule has 0 aliphatic rings. The molecule has 4 aromatic rings. The fraction of sp³-hybridized carbons (Fsp3) is 0.0500. The first-order valence-corrected chi connectivity index (χ1v) is 7.72. The fourth-order valence-electron chi connectivity index (χ4n) is 2.96. The number of nitrogens with zero attached hydrogens (tertiary/aromatic N) is 1. The summed E-state index contributed by atoms with van der Waals surface area (Å²) in [6.45, 7) is 1.77. The predicted molar refractivity (Wildman–Crippen MR) is 96.1 cm³/mol. The van der Waals surface area contributed by atoms with Crippen molar-refractivity contribution in [1.29, 1.82) is 0 Å². The highest BCUT2D eigenvalue weighted by molar-refractivity contribution is 5.96. The summed E-state index contributed by atoms with van der Waals surface area (Å²) < 4.78 is 14.5. The topological polar surface area (TPSA) is 54.7 Å². The van der Waals surface area contributed by atoms with Crippen LogP contribution in [-0.4, -0.2) is 9.97 Å². The smallest absolute Gasteiger partial charge is 0.137 e. The average molecular weight is 317 g/mol. The van der Waals surface area contributed by atoms with E-state index >= 15 is 0 Å². The van der Waals surface area contributed by atoms with Gasteiger partial charge in [0.1, 0.15) is 11.5 Å². The van der Waals surface area contributed by atoms with Crippen molar-refractivity contribution < 1.29 is 4.39 Å². The summed E-state index contributed by atoms with van der Waals surface area (Å²) in [6.07, 6.45) is 3.60. The van der Waals surface area contributed by atoms with E-state index in [1.807, 2.05) is 36.4 Å². The molecule has 0 aliphatic carbocycles. The SMILES string of the molecule is Cc1cccc(-c2c[nH]c3ncc(-c4cccc(N)c4)cc23)c1F. The number of nitrogens with two attached hydrogens (primary N) is 1. The number of halogens is 1. The summed E-state index contributed by atoms with van der Waals surface area (Å²) in [5.74, 6) is -0.201. The van der Waals surface area contributed by atoms with Crippen molar-refractivity contribution in [3.05, 3.63) is 72.3 Å².